The standard InChI is InChI=1S/C16H19ClN2O3S/c1-13-5-3-6-16(18-13)22-12-4-11-19(2)23(20,21)15-9-7-14(17)8-10-15/h3,5-10H,4,11-12H2,1-2H3. The summed E-state index contributed by atoms with van der Waals surface area (Å²) < 4.78 is 31.6. The summed E-state index contributed by atoms with van der Waals surface area (Å²) in [6.45, 7) is 2.65. The van der Waals surface area contributed by atoms with E-state index in [0.29, 0.717) is 30.5 Å². The van der Waals surface area contributed by atoms with Crippen molar-refractivity contribution in [3.05, 3.63) is 53.2 Å². The van der Waals surface area contributed by atoms with Crippen LogP contribution in [0.5, 0.6) is 5.88 Å². The molecule has 2 aromatic rings. The molecule has 1 aromatic heterocycles. The average Bonchev–Trinajstić information content (AvgIpc) is 2.52. The third-order valence-electron chi connectivity index (χ3n) is 3.25. The fourth-order valence-corrected chi connectivity index (χ4v) is 3.30. The first-order valence-corrected chi connectivity index (χ1v) is 9.00. The Morgan fingerprint density at radius 3 is 2.52 bits per heavy atom. The normalized spacial score (nSPS) is 11.7. The van der Waals surface area contributed by atoms with Gasteiger partial charge in [-0.25, -0.2) is 17.7 Å². The third-order valence-corrected chi connectivity index (χ3v) is 5.37. The molecule has 0 fully saturated rings. The molecule has 0 bridgehead atoms. The largest absolute Gasteiger partial charge is 0.478 e. The Kier molecular flexibility index (Phi) is 5.98. The van der Waals surface area contributed by atoms with E-state index >= 15 is 0 Å². The summed E-state index contributed by atoms with van der Waals surface area (Å²) >= 11 is 5.78. The zero-order valence-corrected chi connectivity index (χ0v) is 14.6. The molecule has 0 aliphatic rings. The van der Waals surface area contributed by atoms with Crippen molar-refractivity contribution in [3.63, 3.8) is 0 Å². The van der Waals surface area contributed by atoms with Gasteiger partial charge in [-0.05, 0) is 43.7 Å². The van der Waals surface area contributed by atoms with Crippen LogP contribution in [0.1, 0.15) is 12.1 Å². The fourth-order valence-electron chi connectivity index (χ4n) is 1.97. The van der Waals surface area contributed by atoms with Crippen LogP contribution in [0.3, 0.4) is 0 Å². The summed E-state index contributed by atoms with van der Waals surface area (Å²) in [7, 11) is -1.95. The summed E-state index contributed by atoms with van der Waals surface area (Å²) in [6, 6.07) is 11.7. The van der Waals surface area contributed by atoms with Crippen LogP contribution in [-0.2, 0) is 10.0 Å². The lowest BCUT2D eigenvalue weighted by Gasteiger charge is -2.17. The van der Waals surface area contributed by atoms with Crippen molar-refractivity contribution in [2.24, 2.45) is 0 Å². The summed E-state index contributed by atoms with van der Waals surface area (Å²) in [5.41, 5.74) is 0.880. The van der Waals surface area contributed by atoms with E-state index in [4.69, 9.17) is 16.3 Å². The molecule has 124 valence electrons. The second-order valence-corrected chi connectivity index (χ2v) is 7.58. The molecule has 7 heteroatoms. The van der Waals surface area contributed by atoms with E-state index in [0.717, 1.165) is 5.69 Å². The minimum absolute atomic E-state index is 0.227. The van der Waals surface area contributed by atoms with Gasteiger partial charge in [-0.15, -0.1) is 0 Å². The molecule has 1 heterocycles. The predicted octanol–water partition coefficient (Wildman–Crippen LogP) is 3.13. The minimum Gasteiger partial charge on any atom is -0.478 e. The molecule has 0 aliphatic carbocycles. The number of pyridine rings is 1. The molecule has 0 amide bonds. The van der Waals surface area contributed by atoms with Crippen LogP contribution >= 0.6 is 11.6 Å². The maximum Gasteiger partial charge on any atom is 0.242 e. The molecule has 0 spiro atoms. The van der Waals surface area contributed by atoms with Crippen LogP contribution in [-0.4, -0.2) is 37.9 Å². The molecule has 0 atom stereocenters. The number of nitrogens with zero attached hydrogens (tertiary/aromatic N) is 2. The predicted molar refractivity (Wildman–Crippen MR) is 90.4 cm³/mol. The van der Waals surface area contributed by atoms with Gasteiger partial charge in [-0.1, -0.05) is 17.7 Å². The topological polar surface area (TPSA) is 59.5 Å². The van der Waals surface area contributed by atoms with E-state index in [2.05, 4.69) is 4.98 Å². The number of sulfonamides is 1. The first-order chi connectivity index (χ1) is 10.9. The molecule has 1 aromatic carbocycles. The van der Waals surface area contributed by atoms with Gasteiger partial charge in [-0.3, -0.25) is 0 Å². The Hall–Kier alpha value is -1.63. The SMILES string of the molecule is Cc1cccc(OCCCN(C)S(=O)(=O)c2ccc(Cl)cc2)n1. The van der Waals surface area contributed by atoms with Gasteiger partial charge >= 0.3 is 0 Å². The van der Waals surface area contributed by atoms with E-state index in [9.17, 15) is 8.42 Å². The number of hydrogen-bond donors (Lipinski definition) is 0. The second-order valence-electron chi connectivity index (χ2n) is 5.10. The monoisotopic (exact) mass is 354 g/mol. The molecule has 0 radical (unpaired) electrons. The number of rotatable bonds is 7. The molecule has 0 saturated carbocycles. The zero-order chi connectivity index (χ0) is 16.9. The summed E-state index contributed by atoms with van der Waals surface area (Å²) in [5.74, 6) is 0.549. The smallest absolute Gasteiger partial charge is 0.242 e. The maximum absolute atomic E-state index is 12.4. The first kappa shape index (κ1) is 17.7. The van der Waals surface area contributed by atoms with Gasteiger partial charge in [0, 0.05) is 30.4 Å². The van der Waals surface area contributed by atoms with Crippen molar-refractivity contribution in [2.75, 3.05) is 20.2 Å². The van der Waals surface area contributed by atoms with Gasteiger partial charge in [0.05, 0.1) is 11.5 Å². The van der Waals surface area contributed by atoms with Crippen LogP contribution in [0.2, 0.25) is 5.02 Å². The average molecular weight is 355 g/mol. The molecule has 2 rings (SSSR count). The molecular weight excluding hydrogens is 336 g/mol. The number of hydrogen-bond acceptors (Lipinski definition) is 4. The second kappa shape index (κ2) is 7.77. The fraction of sp³-hybridized carbons (Fsp3) is 0.312. The molecule has 5 nitrogen and oxygen atoms in total. The first-order valence-electron chi connectivity index (χ1n) is 7.18. The molecule has 0 unspecified atom stereocenters. The van der Waals surface area contributed by atoms with E-state index in [-0.39, 0.29) is 4.90 Å². The Labute approximate surface area is 141 Å². The van der Waals surface area contributed by atoms with Gasteiger partial charge in [0.1, 0.15) is 0 Å². The lowest BCUT2D eigenvalue weighted by molar-refractivity contribution is 0.286. The van der Waals surface area contributed by atoms with Crippen LogP contribution in [0.15, 0.2) is 47.4 Å². The van der Waals surface area contributed by atoms with Gasteiger partial charge in [-0.2, -0.15) is 0 Å². The van der Waals surface area contributed by atoms with Crippen LogP contribution in [0, 0.1) is 6.92 Å². The van der Waals surface area contributed by atoms with Crippen LogP contribution in [0.25, 0.3) is 0 Å². The Morgan fingerprint density at radius 2 is 1.87 bits per heavy atom. The highest BCUT2D eigenvalue weighted by molar-refractivity contribution is 7.89. The van der Waals surface area contributed by atoms with E-state index in [1.165, 1.54) is 16.4 Å². The van der Waals surface area contributed by atoms with Crippen molar-refractivity contribution in [1.29, 1.82) is 0 Å². The Balaban J connectivity index is 1.86. The number of aromatic nitrogens is 1. The number of ether oxygens (including phenoxy) is 1. The number of aryl methyl sites for hydroxylation is 1. The number of benzene rings is 1. The van der Waals surface area contributed by atoms with Crippen LogP contribution in [0.4, 0.5) is 0 Å². The van der Waals surface area contributed by atoms with E-state index < -0.39 is 10.0 Å². The van der Waals surface area contributed by atoms with Gasteiger partial charge < -0.3 is 4.74 Å². The highest BCUT2D eigenvalue weighted by Gasteiger charge is 2.20. The molecule has 23 heavy (non-hydrogen) atoms. The summed E-state index contributed by atoms with van der Waals surface area (Å²) in [6.07, 6.45) is 0.568. The summed E-state index contributed by atoms with van der Waals surface area (Å²) in [4.78, 5) is 4.46. The Bertz CT molecular complexity index is 748. The van der Waals surface area contributed by atoms with Crippen molar-refractivity contribution in [3.8, 4) is 5.88 Å². The van der Waals surface area contributed by atoms with Crippen molar-refractivity contribution < 1.29 is 13.2 Å². The molecule has 0 N–H and O–H groups in total. The molecule has 0 aliphatic heterocycles. The third kappa shape index (κ3) is 4.92. The Morgan fingerprint density at radius 1 is 1.17 bits per heavy atom. The van der Waals surface area contributed by atoms with E-state index in [1.54, 1.807) is 25.2 Å². The minimum atomic E-state index is -3.50. The van der Waals surface area contributed by atoms with Crippen LogP contribution < -0.4 is 4.74 Å². The van der Waals surface area contributed by atoms with Gasteiger partial charge in [0.15, 0.2) is 0 Å². The van der Waals surface area contributed by atoms with Crippen molar-refractivity contribution in [1.82, 2.24) is 9.29 Å². The zero-order valence-electron chi connectivity index (χ0n) is 13.1. The summed E-state index contributed by atoms with van der Waals surface area (Å²) in [5, 5.41) is 0.505. The highest BCUT2D eigenvalue weighted by Crippen LogP contribution is 2.17. The van der Waals surface area contributed by atoms with Gasteiger partial charge in [0.2, 0.25) is 15.9 Å². The van der Waals surface area contributed by atoms with Gasteiger partial charge in [0.25, 0.3) is 0 Å². The lowest BCUT2D eigenvalue weighted by Crippen LogP contribution is -2.28. The molecule has 0 saturated heterocycles. The van der Waals surface area contributed by atoms with Crippen molar-refractivity contribution in [2.45, 2.75) is 18.2 Å². The highest BCUT2D eigenvalue weighted by atomic mass is 35.5. The quantitative estimate of drug-likeness (QED) is 0.717. The maximum atomic E-state index is 12.4. The number of halogens is 1. The lowest BCUT2D eigenvalue weighted by atomic mass is 10.4. The molecular formula is C16H19ClN2O3S. The van der Waals surface area contributed by atoms with E-state index in [1.807, 2.05) is 19.1 Å². The van der Waals surface area contributed by atoms with Crippen molar-refractivity contribution >= 4 is 21.6 Å².